The zero-order valence-electron chi connectivity index (χ0n) is 16.0. The molecule has 3 heterocycles. The van der Waals surface area contributed by atoms with E-state index in [9.17, 15) is 4.79 Å². The lowest BCUT2D eigenvalue weighted by Gasteiger charge is -2.19. The molecule has 0 fully saturated rings. The summed E-state index contributed by atoms with van der Waals surface area (Å²) in [7, 11) is 1.89. The molecule has 1 amide bonds. The van der Waals surface area contributed by atoms with Gasteiger partial charge in [-0.3, -0.25) is 9.08 Å². The van der Waals surface area contributed by atoms with Crippen LogP contribution in [0, 0.1) is 11.8 Å². The van der Waals surface area contributed by atoms with E-state index in [2.05, 4.69) is 27.2 Å². The highest BCUT2D eigenvalue weighted by molar-refractivity contribution is 5.68. The molecule has 7 nitrogen and oxygen atoms in total. The number of carbonyl (C=O) groups is 1. The van der Waals surface area contributed by atoms with Crippen molar-refractivity contribution in [2.24, 2.45) is 7.05 Å². The number of nitrogens with zero attached hydrogens (tertiary/aromatic N) is 4. The van der Waals surface area contributed by atoms with Crippen LogP contribution in [-0.2, 0) is 11.8 Å². The van der Waals surface area contributed by atoms with Crippen LogP contribution in [0.4, 0.5) is 4.79 Å². The van der Waals surface area contributed by atoms with Crippen molar-refractivity contribution >= 4 is 11.7 Å². The molecule has 0 aliphatic carbocycles. The Morgan fingerprint density at radius 1 is 1.30 bits per heavy atom. The Bertz CT molecular complexity index is 1010. The molecule has 7 heteroatoms. The Hall–Kier alpha value is -3.27. The Balaban J connectivity index is 1.62. The number of ether oxygens (including phenoxy) is 1. The number of hydrogen-bond acceptors (Lipinski definition) is 4. The summed E-state index contributed by atoms with van der Waals surface area (Å²) in [5, 5.41) is 6.89. The highest BCUT2D eigenvalue weighted by atomic mass is 16.6. The number of nitrogens with one attached hydrogen (secondary N) is 1. The first kappa shape index (κ1) is 18.5. The molecular weight excluding hydrogens is 342 g/mol. The van der Waals surface area contributed by atoms with Gasteiger partial charge in [0.05, 0.1) is 12.4 Å². The molecule has 0 aliphatic rings. The van der Waals surface area contributed by atoms with Crippen molar-refractivity contribution in [1.29, 1.82) is 0 Å². The van der Waals surface area contributed by atoms with E-state index in [1.54, 1.807) is 10.9 Å². The van der Waals surface area contributed by atoms with Gasteiger partial charge in [0.25, 0.3) is 0 Å². The van der Waals surface area contributed by atoms with Crippen molar-refractivity contribution in [2.75, 3.05) is 6.54 Å². The van der Waals surface area contributed by atoms with Crippen LogP contribution >= 0.6 is 0 Å². The van der Waals surface area contributed by atoms with Crippen LogP contribution in [-0.4, -0.2) is 37.4 Å². The first-order chi connectivity index (χ1) is 12.8. The Labute approximate surface area is 158 Å². The van der Waals surface area contributed by atoms with Crippen molar-refractivity contribution < 1.29 is 9.53 Å². The number of fused-ring (bicyclic) bond motifs is 1. The third-order valence-corrected chi connectivity index (χ3v) is 3.69. The largest absolute Gasteiger partial charge is 0.444 e. The highest BCUT2D eigenvalue weighted by Crippen LogP contribution is 2.20. The lowest BCUT2D eigenvalue weighted by molar-refractivity contribution is 0.0529. The van der Waals surface area contributed by atoms with Crippen LogP contribution < -0.4 is 5.32 Å². The fourth-order valence-corrected chi connectivity index (χ4v) is 2.52. The summed E-state index contributed by atoms with van der Waals surface area (Å²) < 4.78 is 8.89. The van der Waals surface area contributed by atoms with Crippen LogP contribution in [0.3, 0.4) is 0 Å². The number of hydrogen-bond donors (Lipinski definition) is 1. The van der Waals surface area contributed by atoms with E-state index in [-0.39, 0.29) is 0 Å². The summed E-state index contributed by atoms with van der Waals surface area (Å²) >= 11 is 0. The van der Waals surface area contributed by atoms with Gasteiger partial charge in [-0.25, -0.2) is 9.78 Å². The second-order valence-corrected chi connectivity index (χ2v) is 7.17. The van der Waals surface area contributed by atoms with Crippen LogP contribution in [0.1, 0.15) is 32.9 Å². The maximum atomic E-state index is 11.6. The second-order valence-electron chi connectivity index (χ2n) is 7.17. The summed E-state index contributed by atoms with van der Waals surface area (Å²) in [5.74, 6) is 6.15. The minimum absolute atomic E-state index is 0.429. The fraction of sp³-hybridized carbons (Fsp3) is 0.350. The molecule has 0 atom stereocenters. The minimum Gasteiger partial charge on any atom is -0.444 e. The van der Waals surface area contributed by atoms with E-state index < -0.39 is 11.7 Å². The van der Waals surface area contributed by atoms with Crippen LogP contribution in [0.5, 0.6) is 0 Å². The van der Waals surface area contributed by atoms with E-state index in [1.807, 2.05) is 62.9 Å². The Kier molecular flexibility index (Phi) is 5.17. The summed E-state index contributed by atoms with van der Waals surface area (Å²) in [6, 6.07) is 4.02. The van der Waals surface area contributed by atoms with Crippen molar-refractivity contribution in [1.82, 2.24) is 24.5 Å². The molecule has 0 aliphatic heterocycles. The molecule has 0 spiro atoms. The number of rotatable bonds is 3. The first-order valence-corrected chi connectivity index (χ1v) is 8.74. The average Bonchev–Trinajstić information content (AvgIpc) is 3.19. The molecule has 0 saturated carbocycles. The van der Waals surface area contributed by atoms with Gasteiger partial charge in [-0.2, -0.15) is 5.10 Å². The SMILES string of the molecule is Cn1cc(-c2ccn3c(C#CCCNC(=O)OC(C)(C)C)cnc3c2)cn1. The first-order valence-electron chi connectivity index (χ1n) is 8.74. The average molecular weight is 365 g/mol. The lowest BCUT2D eigenvalue weighted by atomic mass is 10.1. The van der Waals surface area contributed by atoms with Gasteiger partial charge in [0.2, 0.25) is 0 Å². The molecule has 3 rings (SSSR count). The third kappa shape index (κ3) is 4.88. The molecule has 3 aromatic rings. The van der Waals surface area contributed by atoms with Gasteiger partial charge in [-0.05, 0) is 44.4 Å². The molecule has 3 aromatic heterocycles. The summed E-state index contributed by atoms with van der Waals surface area (Å²) in [5.41, 5.74) is 3.24. The Morgan fingerprint density at radius 3 is 2.81 bits per heavy atom. The van der Waals surface area contributed by atoms with Crippen molar-refractivity contribution in [3.8, 4) is 23.0 Å². The molecule has 0 bridgehead atoms. The zero-order valence-corrected chi connectivity index (χ0v) is 16.0. The standard InChI is InChI=1S/C20H23N5O2/c1-20(2,3)27-19(26)21-9-6-5-7-17-13-22-18-11-15(8-10-25(17)18)16-12-23-24(4)14-16/h8,10-14H,6,9H2,1-4H3,(H,21,26). The van der Waals surface area contributed by atoms with Crippen LogP contribution in [0.15, 0.2) is 36.9 Å². The van der Waals surface area contributed by atoms with Crippen LogP contribution in [0.2, 0.25) is 0 Å². The number of aromatic nitrogens is 4. The molecule has 0 saturated heterocycles. The summed E-state index contributed by atoms with van der Waals surface area (Å²) in [4.78, 5) is 16.0. The molecule has 0 radical (unpaired) electrons. The predicted octanol–water partition coefficient (Wildman–Crippen LogP) is 3.00. The number of amides is 1. The fourth-order valence-electron chi connectivity index (χ4n) is 2.52. The lowest BCUT2D eigenvalue weighted by Crippen LogP contribution is -2.32. The topological polar surface area (TPSA) is 73.5 Å². The second kappa shape index (κ2) is 7.54. The van der Waals surface area contributed by atoms with E-state index in [1.165, 1.54) is 0 Å². The Morgan fingerprint density at radius 2 is 2.11 bits per heavy atom. The third-order valence-electron chi connectivity index (χ3n) is 3.69. The van der Waals surface area contributed by atoms with E-state index in [4.69, 9.17) is 4.74 Å². The van der Waals surface area contributed by atoms with Gasteiger partial charge in [0, 0.05) is 38.0 Å². The number of alkyl carbamates (subject to hydrolysis) is 1. The number of aryl methyl sites for hydroxylation is 1. The van der Waals surface area contributed by atoms with E-state index in [0.29, 0.717) is 13.0 Å². The molecule has 0 aromatic carbocycles. The minimum atomic E-state index is -0.499. The molecule has 140 valence electrons. The molecule has 27 heavy (non-hydrogen) atoms. The molecular formula is C20H23N5O2. The quantitative estimate of drug-likeness (QED) is 0.572. The predicted molar refractivity (Wildman–Crippen MR) is 103 cm³/mol. The molecule has 1 N–H and O–H groups in total. The van der Waals surface area contributed by atoms with Gasteiger partial charge in [-0.15, -0.1) is 0 Å². The molecule has 0 unspecified atom stereocenters. The van der Waals surface area contributed by atoms with Gasteiger partial charge >= 0.3 is 6.09 Å². The van der Waals surface area contributed by atoms with Gasteiger partial charge < -0.3 is 10.1 Å². The van der Waals surface area contributed by atoms with E-state index >= 15 is 0 Å². The van der Waals surface area contributed by atoms with Gasteiger partial charge in [-0.1, -0.05) is 5.92 Å². The van der Waals surface area contributed by atoms with E-state index in [0.717, 1.165) is 22.5 Å². The normalized spacial score (nSPS) is 11.1. The van der Waals surface area contributed by atoms with Crippen LogP contribution in [0.25, 0.3) is 16.8 Å². The number of carbonyl (C=O) groups excluding carboxylic acids is 1. The summed E-state index contributed by atoms with van der Waals surface area (Å²) in [6.45, 7) is 5.92. The smallest absolute Gasteiger partial charge is 0.407 e. The maximum absolute atomic E-state index is 11.6. The zero-order chi connectivity index (χ0) is 19.4. The monoisotopic (exact) mass is 365 g/mol. The highest BCUT2D eigenvalue weighted by Gasteiger charge is 2.15. The van der Waals surface area contributed by atoms with Crippen molar-refractivity contribution in [3.63, 3.8) is 0 Å². The summed E-state index contributed by atoms with van der Waals surface area (Å²) in [6.07, 6.45) is 7.59. The maximum Gasteiger partial charge on any atom is 0.407 e. The van der Waals surface area contributed by atoms with Gasteiger partial charge in [0.1, 0.15) is 16.9 Å². The number of pyridine rings is 1. The van der Waals surface area contributed by atoms with Gasteiger partial charge in [0.15, 0.2) is 0 Å². The van der Waals surface area contributed by atoms with Crippen molar-refractivity contribution in [2.45, 2.75) is 32.8 Å². The number of imidazole rings is 1. The van der Waals surface area contributed by atoms with Crippen molar-refractivity contribution in [3.05, 3.63) is 42.6 Å².